The molecule has 0 aliphatic carbocycles. The van der Waals surface area contributed by atoms with E-state index in [2.05, 4.69) is 10.6 Å². The average Bonchev–Trinajstić information content (AvgIpc) is 2.93. The van der Waals surface area contributed by atoms with Crippen molar-refractivity contribution in [2.75, 3.05) is 11.9 Å². The first-order valence-corrected chi connectivity index (χ1v) is 7.62. The summed E-state index contributed by atoms with van der Waals surface area (Å²) in [4.78, 5) is 11.3. The maximum absolute atomic E-state index is 12.3. The topological polar surface area (TPSA) is 75.3 Å². The predicted octanol–water partition coefficient (Wildman–Crippen LogP) is 1.37. The second-order valence-electron chi connectivity index (χ2n) is 4.47. The molecule has 2 rings (SSSR count). The lowest BCUT2D eigenvalue weighted by molar-refractivity contribution is -0.117. The number of alkyl halides is 2. The van der Waals surface area contributed by atoms with Gasteiger partial charge in [-0.05, 0) is 43.7 Å². The minimum atomic E-state index is -4.60. The summed E-state index contributed by atoms with van der Waals surface area (Å²) < 4.78 is 47.1. The van der Waals surface area contributed by atoms with E-state index in [-0.39, 0.29) is 11.9 Å². The average molecular weight is 304 g/mol. The number of rotatable bonds is 4. The van der Waals surface area contributed by atoms with Crippen LogP contribution in [0, 0.1) is 0 Å². The van der Waals surface area contributed by atoms with Crippen LogP contribution in [0.15, 0.2) is 29.2 Å². The Hall–Kier alpha value is -1.54. The molecule has 1 atom stereocenters. The molecule has 0 radical (unpaired) electrons. The number of carbonyl (C=O) groups excluding carboxylic acids is 1. The Morgan fingerprint density at radius 3 is 2.45 bits per heavy atom. The molecule has 1 aliphatic rings. The monoisotopic (exact) mass is 304 g/mol. The molecule has 0 aromatic heterocycles. The first-order valence-electron chi connectivity index (χ1n) is 6.07. The second kappa shape index (κ2) is 5.84. The molecule has 0 unspecified atom stereocenters. The van der Waals surface area contributed by atoms with Crippen LogP contribution in [-0.4, -0.2) is 32.7 Å². The van der Waals surface area contributed by atoms with Crippen LogP contribution < -0.4 is 10.6 Å². The van der Waals surface area contributed by atoms with Gasteiger partial charge >= 0.3 is 5.76 Å². The van der Waals surface area contributed by atoms with Crippen molar-refractivity contribution in [3.8, 4) is 0 Å². The van der Waals surface area contributed by atoms with Gasteiger partial charge in [-0.15, -0.1) is 0 Å². The van der Waals surface area contributed by atoms with Crippen molar-refractivity contribution in [3.63, 3.8) is 0 Å². The molecule has 0 bridgehead atoms. The molecule has 0 saturated carbocycles. The van der Waals surface area contributed by atoms with Gasteiger partial charge in [0.15, 0.2) is 0 Å². The highest BCUT2D eigenvalue weighted by molar-refractivity contribution is 7.91. The van der Waals surface area contributed by atoms with Crippen LogP contribution in [0.4, 0.5) is 14.5 Å². The number of nitrogens with one attached hydrogen (secondary N) is 2. The maximum atomic E-state index is 12.3. The maximum Gasteiger partial charge on any atom is 0.341 e. The van der Waals surface area contributed by atoms with E-state index in [1.807, 2.05) is 0 Å². The molecule has 110 valence electrons. The van der Waals surface area contributed by atoms with E-state index >= 15 is 0 Å². The predicted molar refractivity (Wildman–Crippen MR) is 69.3 cm³/mol. The summed E-state index contributed by atoms with van der Waals surface area (Å²) in [7, 11) is -4.60. The van der Waals surface area contributed by atoms with Gasteiger partial charge in [0.1, 0.15) is 0 Å². The van der Waals surface area contributed by atoms with Crippen LogP contribution in [0.1, 0.15) is 12.8 Å². The Bertz CT molecular complexity index is 581. The minimum Gasteiger partial charge on any atom is -0.325 e. The van der Waals surface area contributed by atoms with Gasteiger partial charge in [-0.25, -0.2) is 8.42 Å². The molecule has 1 heterocycles. The van der Waals surface area contributed by atoms with E-state index in [0.717, 1.165) is 31.5 Å². The lowest BCUT2D eigenvalue weighted by Crippen LogP contribution is -2.35. The number of hydrogen-bond acceptors (Lipinski definition) is 4. The van der Waals surface area contributed by atoms with Crippen molar-refractivity contribution in [2.24, 2.45) is 0 Å². The quantitative estimate of drug-likeness (QED) is 0.881. The van der Waals surface area contributed by atoms with E-state index in [1.54, 1.807) is 0 Å². The van der Waals surface area contributed by atoms with Crippen LogP contribution in [0.2, 0.25) is 0 Å². The summed E-state index contributed by atoms with van der Waals surface area (Å²) in [5.74, 6) is -3.67. The Labute approximate surface area is 115 Å². The van der Waals surface area contributed by atoms with Crippen LogP contribution in [0.25, 0.3) is 0 Å². The Morgan fingerprint density at radius 2 is 1.95 bits per heavy atom. The second-order valence-corrected chi connectivity index (χ2v) is 6.39. The van der Waals surface area contributed by atoms with Crippen molar-refractivity contribution < 1.29 is 22.0 Å². The molecular formula is C12H14F2N2O3S. The standard InChI is InChI=1S/C12H14F2N2O3S/c13-12(14)20(18,19)9-5-3-8(4-6-9)16-11(17)10-2-1-7-15-10/h3-6,10,12,15H,1-2,7H2,(H,16,17)/t10-/m1/s1. The number of sulfone groups is 1. The first-order chi connectivity index (χ1) is 9.41. The number of amides is 1. The largest absolute Gasteiger partial charge is 0.341 e. The van der Waals surface area contributed by atoms with E-state index in [4.69, 9.17) is 0 Å². The van der Waals surface area contributed by atoms with Crippen LogP contribution in [-0.2, 0) is 14.6 Å². The van der Waals surface area contributed by atoms with Gasteiger partial charge < -0.3 is 10.6 Å². The van der Waals surface area contributed by atoms with Crippen molar-refractivity contribution in [3.05, 3.63) is 24.3 Å². The zero-order valence-electron chi connectivity index (χ0n) is 10.5. The number of benzene rings is 1. The van der Waals surface area contributed by atoms with Gasteiger partial charge in [-0.2, -0.15) is 8.78 Å². The molecule has 1 aromatic carbocycles. The number of carbonyl (C=O) groups is 1. The molecule has 0 spiro atoms. The molecular weight excluding hydrogens is 290 g/mol. The summed E-state index contributed by atoms with van der Waals surface area (Å²) in [6, 6.07) is 4.43. The van der Waals surface area contributed by atoms with E-state index in [0.29, 0.717) is 5.69 Å². The fraction of sp³-hybridized carbons (Fsp3) is 0.417. The Morgan fingerprint density at radius 1 is 1.30 bits per heavy atom. The minimum absolute atomic E-state index is 0.216. The van der Waals surface area contributed by atoms with Crippen LogP contribution in [0.5, 0.6) is 0 Å². The molecule has 1 amide bonds. The third-order valence-corrected chi connectivity index (χ3v) is 4.46. The SMILES string of the molecule is O=C(Nc1ccc(S(=O)(=O)C(F)F)cc1)[C@H]1CCCN1. The Kier molecular flexibility index (Phi) is 4.34. The number of halogens is 2. The van der Waals surface area contributed by atoms with Gasteiger partial charge in [0.2, 0.25) is 15.7 Å². The van der Waals surface area contributed by atoms with Gasteiger partial charge in [0.05, 0.1) is 10.9 Å². The molecule has 1 saturated heterocycles. The summed E-state index contributed by atoms with van der Waals surface area (Å²) >= 11 is 0. The zero-order chi connectivity index (χ0) is 14.8. The van der Waals surface area contributed by atoms with Crippen molar-refractivity contribution in [1.82, 2.24) is 5.32 Å². The highest BCUT2D eigenvalue weighted by Gasteiger charge is 2.26. The lowest BCUT2D eigenvalue weighted by Gasteiger charge is -2.11. The highest BCUT2D eigenvalue weighted by Crippen LogP contribution is 2.20. The van der Waals surface area contributed by atoms with Crippen LogP contribution in [0.3, 0.4) is 0 Å². The van der Waals surface area contributed by atoms with E-state index in [9.17, 15) is 22.0 Å². The van der Waals surface area contributed by atoms with Gasteiger partial charge in [0, 0.05) is 5.69 Å². The molecule has 1 fully saturated rings. The summed E-state index contributed by atoms with van der Waals surface area (Å²) in [6.07, 6.45) is 1.66. The Balaban J connectivity index is 2.07. The first kappa shape index (κ1) is 14.9. The van der Waals surface area contributed by atoms with Gasteiger partial charge in [-0.3, -0.25) is 4.79 Å². The number of hydrogen-bond donors (Lipinski definition) is 2. The molecule has 2 N–H and O–H groups in total. The van der Waals surface area contributed by atoms with Crippen molar-refractivity contribution in [2.45, 2.75) is 29.5 Å². The molecule has 1 aliphatic heterocycles. The summed E-state index contributed by atoms with van der Waals surface area (Å²) in [6.45, 7) is 0.781. The molecule has 1 aromatic rings. The zero-order valence-corrected chi connectivity index (χ0v) is 11.3. The third-order valence-electron chi connectivity index (χ3n) is 3.06. The van der Waals surface area contributed by atoms with Gasteiger partial charge in [0.25, 0.3) is 0 Å². The molecule has 20 heavy (non-hydrogen) atoms. The molecule has 5 nitrogen and oxygen atoms in total. The fourth-order valence-electron chi connectivity index (χ4n) is 1.97. The third kappa shape index (κ3) is 3.13. The lowest BCUT2D eigenvalue weighted by atomic mass is 10.2. The summed E-state index contributed by atoms with van der Waals surface area (Å²) in [5, 5.41) is 5.63. The number of anilines is 1. The normalized spacial score (nSPS) is 19.2. The highest BCUT2D eigenvalue weighted by atomic mass is 32.2. The van der Waals surface area contributed by atoms with Crippen LogP contribution >= 0.6 is 0 Å². The molecule has 8 heteroatoms. The van der Waals surface area contributed by atoms with Gasteiger partial charge in [-0.1, -0.05) is 0 Å². The summed E-state index contributed by atoms with van der Waals surface area (Å²) in [5.41, 5.74) is 0.372. The van der Waals surface area contributed by atoms with Crippen molar-refractivity contribution >= 4 is 21.4 Å². The van der Waals surface area contributed by atoms with Crippen molar-refractivity contribution in [1.29, 1.82) is 0 Å². The fourth-order valence-corrected chi connectivity index (χ4v) is 2.69. The smallest absolute Gasteiger partial charge is 0.325 e. The van der Waals surface area contributed by atoms with E-state index in [1.165, 1.54) is 12.1 Å². The van der Waals surface area contributed by atoms with E-state index < -0.39 is 20.5 Å².